The zero-order valence-corrected chi connectivity index (χ0v) is 10.5. The first-order chi connectivity index (χ1) is 8.34. The lowest BCUT2D eigenvalue weighted by molar-refractivity contribution is -0.153. The molecule has 0 spiro atoms. The molecule has 0 aliphatic carbocycles. The van der Waals surface area contributed by atoms with Crippen LogP contribution in [0.25, 0.3) is 0 Å². The van der Waals surface area contributed by atoms with Gasteiger partial charge in [0.1, 0.15) is 6.10 Å². The summed E-state index contributed by atoms with van der Waals surface area (Å²) < 4.78 is 10.7. The Hall–Kier alpha value is -0.610. The SMILES string of the molecule is O=C(CCC1CCCNC1)OC1CCOCC1. The van der Waals surface area contributed by atoms with E-state index in [1.54, 1.807) is 0 Å². The van der Waals surface area contributed by atoms with Crippen molar-refractivity contribution in [1.82, 2.24) is 5.32 Å². The van der Waals surface area contributed by atoms with Crippen LogP contribution in [0.15, 0.2) is 0 Å². The molecule has 4 heteroatoms. The first-order valence-electron chi connectivity index (χ1n) is 6.82. The van der Waals surface area contributed by atoms with Gasteiger partial charge in [0.25, 0.3) is 0 Å². The van der Waals surface area contributed by atoms with E-state index in [0.29, 0.717) is 12.3 Å². The van der Waals surface area contributed by atoms with E-state index >= 15 is 0 Å². The molecule has 98 valence electrons. The fraction of sp³-hybridized carbons (Fsp3) is 0.923. The molecular formula is C13H23NO3. The molecule has 0 aromatic rings. The third-order valence-electron chi connectivity index (χ3n) is 3.62. The van der Waals surface area contributed by atoms with Gasteiger partial charge in [-0.05, 0) is 38.3 Å². The average molecular weight is 241 g/mol. The Balaban J connectivity index is 1.59. The van der Waals surface area contributed by atoms with Gasteiger partial charge in [0.05, 0.1) is 13.2 Å². The van der Waals surface area contributed by atoms with Gasteiger partial charge in [-0.25, -0.2) is 0 Å². The summed E-state index contributed by atoms with van der Waals surface area (Å²) in [4.78, 5) is 11.7. The molecule has 1 unspecified atom stereocenters. The number of esters is 1. The van der Waals surface area contributed by atoms with Crippen LogP contribution in [-0.4, -0.2) is 38.4 Å². The standard InChI is InChI=1S/C13H23NO3/c15-13(17-12-5-8-16-9-6-12)4-3-11-2-1-7-14-10-11/h11-12,14H,1-10H2. The number of hydrogen-bond donors (Lipinski definition) is 1. The molecule has 2 heterocycles. The number of carbonyl (C=O) groups excluding carboxylic acids is 1. The van der Waals surface area contributed by atoms with Crippen molar-refractivity contribution in [1.29, 1.82) is 0 Å². The Labute approximate surface area is 103 Å². The van der Waals surface area contributed by atoms with Crippen LogP contribution in [0.5, 0.6) is 0 Å². The molecule has 0 amide bonds. The van der Waals surface area contributed by atoms with Crippen molar-refractivity contribution in [3.05, 3.63) is 0 Å². The van der Waals surface area contributed by atoms with Crippen LogP contribution >= 0.6 is 0 Å². The fourth-order valence-electron chi connectivity index (χ4n) is 2.53. The van der Waals surface area contributed by atoms with Crippen LogP contribution in [0.3, 0.4) is 0 Å². The molecule has 2 rings (SSSR count). The minimum absolute atomic E-state index is 0.0255. The van der Waals surface area contributed by atoms with Gasteiger partial charge in [-0.1, -0.05) is 0 Å². The molecule has 2 saturated heterocycles. The fourth-order valence-corrected chi connectivity index (χ4v) is 2.53. The van der Waals surface area contributed by atoms with Crippen molar-refractivity contribution >= 4 is 5.97 Å². The van der Waals surface area contributed by atoms with Gasteiger partial charge in [-0.15, -0.1) is 0 Å². The van der Waals surface area contributed by atoms with Crippen molar-refractivity contribution in [3.63, 3.8) is 0 Å². The zero-order chi connectivity index (χ0) is 11.9. The van der Waals surface area contributed by atoms with Crippen molar-refractivity contribution in [2.45, 2.75) is 44.6 Å². The summed E-state index contributed by atoms with van der Waals surface area (Å²) in [7, 11) is 0. The molecule has 0 radical (unpaired) electrons. The van der Waals surface area contributed by atoms with Crippen molar-refractivity contribution in [2.75, 3.05) is 26.3 Å². The molecule has 2 fully saturated rings. The van der Waals surface area contributed by atoms with E-state index in [9.17, 15) is 4.79 Å². The summed E-state index contributed by atoms with van der Waals surface area (Å²) >= 11 is 0. The van der Waals surface area contributed by atoms with E-state index in [-0.39, 0.29) is 12.1 Å². The molecule has 17 heavy (non-hydrogen) atoms. The van der Waals surface area contributed by atoms with Crippen LogP contribution < -0.4 is 5.32 Å². The van der Waals surface area contributed by atoms with Crippen LogP contribution in [-0.2, 0) is 14.3 Å². The quantitative estimate of drug-likeness (QED) is 0.758. The molecule has 0 saturated carbocycles. The summed E-state index contributed by atoms with van der Waals surface area (Å²) in [5.41, 5.74) is 0. The van der Waals surface area contributed by atoms with Gasteiger partial charge in [-0.2, -0.15) is 0 Å². The van der Waals surface area contributed by atoms with Crippen LogP contribution in [0, 0.1) is 5.92 Å². The first-order valence-corrected chi connectivity index (χ1v) is 6.82. The van der Waals surface area contributed by atoms with E-state index in [1.165, 1.54) is 12.8 Å². The summed E-state index contributed by atoms with van der Waals surface area (Å²) in [5.74, 6) is 0.633. The predicted molar refractivity (Wildman–Crippen MR) is 64.8 cm³/mol. The number of hydrogen-bond acceptors (Lipinski definition) is 4. The Bertz CT molecular complexity index is 233. The molecule has 1 N–H and O–H groups in total. The van der Waals surface area contributed by atoms with E-state index in [0.717, 1.165) is 45.6 Å². The normalized spacial score (nSPS) is 26.7. The number of ether oxygens (including phenoxy) is 2. The molecule has 2 aliphatic heterocycles. The van der Waals surface area contributed by atoms with E-state index in [2.05, 4.69) is 5.32 Å². The Morgan fingerprint density at radius 3 is 2.82 bits per heavy atom. The number of rotatable bonds is 4. The second kappa shape index (κ2) is 6.97. The Morgan fingerprint density at radius 1 is 1.29 bits per heavy atom. The number of piperidine rings is 1. The van der Waals surface area contributed by atoms with Gasteiger partial charge in [0, 0.05) is 19.3 Å². The highest BCUT2D eigenvalue weighted by atomic mass is 16.5. The third kappa shape index (κ3) is 4.64. The largest absolute Gasteiger partial charge is 0.462 e. The molecule has 0 aromatic heterocycles. The lowest BCUT2D eigenvalue weighted by Gasteiger charge is -2.24. The Kier molecular flexibility index (Phi) is 5.26. The maximum absolute atomic E-state index is 11.7. The molecule has 4 nitrogen and oxygen atoms in total. The maximum atomic E-state index is 11.7. The van der Waals surface area contributed by atoms with Gasteiger partial charge in [-0.3, -0.25) is 4.79 Å². The summed E-state index contributed by atoms with van der Waals surface area (Å²) in [6.07, 6.45) is 5.84. The lowest BCUT2D eigenvalue weighted by atomic mass is 9.95. The highest BCUT2D eigenvalue weighted by Gasteiger charge is 2.19. The zero-order valence-electron chi connectivity index (χ0n) is 10.5. The first kappa shape index (κ1) is 12.8. The van der Waals surface area contributed by atoms with Crippen LogP contribution in [0.4, 0.5) is 0 Å². The second-order valence-electron chi connectivity index (χ2n) is 5.05. The van der Waals surface area contributed by atoms with Crippen LogP contribution in [0.2, 0.25) is 0 Å². The van der Waals surface area contributed by atoms with E-state index in [4.69, 9.17) is 9.47 Å². The molecule has 1 atom stereocenters. The van der Waals surface area contributed by atoms with Gasteiger partial charge in [0.15, 0.2) is 0 Å². The van der Waals surface area contributed by atoms with Crippen LogP contribution in [0.1, 0.15) is 38.5 Å². The highest BCUT2D eigenvalue weighted by molar-refractivity contribution is 5.69. The van der Waals surface area contributed by atoms with Crippen molar-refractivity contribution in [3.8, 4) is 0 Å². The molecule has 0 aromatic carbocycles. The average Bonchev–Trinajstić information content (AvgIpc) is 2.39. The Morgan fingerprint density at radius 2 is 2.12 bits per heavy atom. The van der Waals surface area contributed by atoms with E-state index < -0.39 is 0 Å². The minimum Gasteiger partial charge on any atom is -0.462 e. The lowest BCUT2D eigenvalue weighted by Crippen LogP contribution is -2.30. The van der Waals surface area contributed by atoms with E-state index in [1.807, 2.05) is 0 Å². The molecular weight excluding hydrogens is 218 g/mol. The van der Waals surface area contributed by atoms with Gasteiger partial charge in [0.2, 0.25) is 0 Å². The summed E-state index contributed by atoms with van der Waals surface area (Å²) in [6, 6.07) is 0. The topological polar surface area (TPSA) is 47.6 Å². The second-order valence-corrected chi connectivity index (χ2v) is 5.05. The summed E-state index contributed by atoms with van der Waals surface area (Å²) in [5, 5.41) is 3.37. The smallest absolute Gasteiger partial charge is 0.306 e. The van der Waals surface area contributed by atoms with Gasteiger partial charge < -0.3 is 14.8 Å². The van der Waals surface area contributed by atoms with Gasteiger partial charge >= 0.3 is 5.97 Å². The number of nitrogens with one attached hydrogen (secondary N) is 1. The van der Waals surface area contributed by atoms with Crippen molar-refractivity contribution in [2.24, 2.45) is 5.92 Å². The summed E-state index contributed by atoms with van der Waals surface area (Å²) in [6.45, 7) is 3.64. The monoisotopic (exact) mass is 241 g/mol. The molecule has 2 aliphatic rings. The minimum atomic E-state index is -0.0255. The highest BCUT2D eigenvalue weighted by Crippen LogP contribution is 2.17. The van der Waals surface area contributed by atoms with Crippen molar-refractivity contribution < 1.29 is 14.3 Å². The maximum Gasteiger partial charge on any atom is 0.306 e. The third-order valence-corrected chi connectivity index (χ3v) is 3.62. The molecule has 0 bridgehead atoms. The predicted octanol–water partition coefficient (Wildman–Crippen LogP) is 1.49. The number of carbonyl (C=O) groups is 1.